The minimum absolute atomic E-state index is 0.0348. The average Bonchev–Trinajstić information content (AvgIpc) is 2.84. The molecule has 21 heavy (non-hydrogen) atoms. The molecule has 2 rings (SSSR count). The smallest absolute Gasteiger partial charge is 0.321 e. The van der Waals surface area contributed by atoms with Crippen LogP contribution < -0.4 is 5.32 Å². The summed E-state index contributed by atoms with van der Waals surface area (Å²) in [6.07, 6.45) is 3.52. The molecule has 2 amide bonds. The number of anilines is 1. The molecule has 0 saturated heterocycles. The van der Waals surface area contributed by atoms with Crippen molar-refractivity contribution in [3.05, 3.63) is 48.0 Å². The lowest BCUT2D eigenvalue weighted by atomic mass is 10.1. The molecule has 1 aromatic heterocycles. The van der Waals surface area contributed by atoms with Gasteiger partial charge in [-0.2, -0.15) is 0 Å². The fourth-order valence-electron chi connectivity index (χ4n) is 1.87. The van der Waals surface area contributed by atoms with Gasteiger partial charge in [0.25, 0.3) is 0 Å². The van der Waals surface area contributed by atoms with Crippen LogP contribution in [0.5, 0.6) is 0 Å². The highest BCUT2D eigenvalue weighted by Gasteiger charge is 2.12. The first-order chi connectivity index (χ1) is 9.97. The number of hydrogen-bond acceptors (Lipinski definition) is 3. The number of rotatable bonds is 4. The number of aromatic nitrogens is 2. The molecule has 0 bridgehead atoms. The Morgan fingerprint density at radius 3 is 2.76 bits per heavy atom. The Bertz CT molecular complexity index is 663. The van der Waals surface area contributed by atoms with E-state index in [1.165, 1.54) is 11.8 Å². The van der Waals surface area contributed by atoms with Gasteiger partial charge < -0.3 is 14.8 Å². The van der Waals surface area contributed by atoms with E-state index in [4.69, 9.17) is 0 Å². The van der Waals surface area contributed by atoms with Crippen LogP contribution in [0.15, 0.2) is 36.7 Å². The molecule has 0 unspecified atom stereocenters. The van der Waals surface area contributed by atoms with E-state index in [1.807, 2.05) is 17.8 Å². The Labute approximate surface area is 123 Å². The normalized spacial score (nSPS) is 10.2. The number of imidazole rings is 1. The van der Waals surface area contributed by atoms with E-state index in [0.29, 0.717) is 17.8 Å². The summed E-state index contributed by atoms with van der Waals surface area (Å²) in [6.45, 7) is 1.90. The van der Waals surface area contributed by atoms with Crippen molar-refractivity contribution < 1.29 is 9.59 Å². The monoisotopic (exact) mass is 286 g/mol. The van der Waals surface area contributed by atoms with Gasteiger partial charge in [-0.15, -0.1) is 0 Å². The van der Waals surface area contributed by atoms with Crippen LogP contribution in [-0.2, 0) is 13.6 Å². The summed E-state index contributed by atoms with van der Waals surface area (Å²) in [4.78, 5) is 29.2. The summed E-state index contributed by atoms with van der Waals surface area (Å²) in [5.41, 5.74) is 1.17. The molecule has 0 saturated carbocycles. The molecule has 0 fully saturated rings. The van der Waals surface area contributed by atoms with Crippen molar-refractivity contribution in [2.45, 2.75) is 13.5 Å². The number of nitrogens with zero attached hydrogens (tertiary/aromatic N) is 3. The lowest BCUT2D eigenvalue weighted by Gasteiger charge is -2.17. The predicted molar refractivity (Wildman–Crippen MR) is 80.1 cm³/mol. The highest BCUT2D eigenvalue weighted by molar-refractivity contribution is 5.96. The Morgan fingerprint density at radius 2 is 2.14 bits per heavy atom. The Hall–Kier alpha value is -2.63. The van der Waals surface area contributed by atoms with Crippen molar-refractivity contribution in [2.24, 2.45) is 7.05 Å². The Kier molecular flexibility index (Phi) is 4.37. The summed E-state index contributed by atoms with van der Waals surface area (Å²) in [6, 6.07) is 6.62. The van der Waals surface area contributed by atoms with Gasteiger partial charge in [0, 0.05) is 37.7 Å². The van der Waals surface area contributed by atoms with E-state index in [1.54, 1.807) is 37.5 Å². The largest absolute Gasteiger partial charge is 0.337 e. The number of carbonyl (C=O) groups excluding carboxylic acids is 2. The molecule has 0 radical (unpaired) electrons. The molecule has 2 aromatic rings. The van der Waals surface area contributed by atoms with Crippen LogP contribution in [-0.4, -0.2) is 33.3 Å². The second kappa shape index (κ2) is 6.21. The van der Waals surface area contributed by atoms with Crippen LogP contribution in [0.2, 0.25) is 0 Å². The summed E-state index contributed by atoms with van der Waals surface area (Å²) >= 11 is 0. The zero-order valence-electron chi connectivity index (χ0n) is 12.3. The molecule has 6 heteroatoms. The number of ketones is 1. The van der Waals surface area contributed by atoms with Crippen molar-refractivity contribution in [3.8, 4) is 0 Å². The first-order valence-corrected chi connectivity index (χ1v) is 6.56. The molecule has 1 heterocycles. The van der Waals surface area contributed by atoms with Crippen LogP contribution in [0.3, 0.4) is 0 Å². The van der Waals surface area contributed by atoms with Crippen LogP contribution in [0.25, 0.3) is 0 Å². The minimum atomic E-state index is -0.251. The molecular weight excluding hydrogens is 268 g/mol. The van der Waals surface area contributed by atoms with E-state index in [-0.39, 0.29) is 11.8 Å². The molecule has 0 aliphatic heterocycles. The third kappa shape index (κ3) is 3.68. The van der Waals surface area contributed by atoms with Crippen LogP contribution in [0.4, 0.5) is 10.5 Å². The quantitative estimate of drug-likeness (QED) is 0.877. The van der Waals surface area contributed by atoms with E-state index in [9.17, 15) is 9.59 Å². The summed E-state index contributed by atoms with van der Waals surface area (Å²) in [7, 11) is 3.57. The molecule has 1 aromatic carbocycles. The van der Waals surface area contributed by atoms with Gasteiger partial charge in [-0.1, -0.05) is 12.1 Å². The maximum Gasteiger partial charge on any atom is 0.321 e. The predicted octanol–water partition coefficient (Wildman–Crippen LogP) is 2.29. The standard InChI is InChI=1S/C15H18N4O2/c1-11(20)12-5-4-6-13(9-12)17-15(21)19(3)10-14-16-7-8-18(14)2/h4-9H,10H2,1-3H3,(H,17,21). The minimum Gasteiger partial charge on any atom is -0.337 e. The van der Waals surface area contributed by atoms with Gasteiger partial charge in [-0.3, -0.25) is 4.79 Å². The van der Waals surface area contributed by atoms with E-state index in [0.717, 1.165) is 5.82 Å². The van der Waals surface area contributed by atoms with E-state index >= 15 is 0 Å². The van der Waals surface area contributed by atoms with E-state index in [2.05, 4.69) is 10.3 Å². The molecule has 0 aliphatic carbocycles. The van der Waals surface area contributed by atoms with Gasteiger partial charge in [-0.25, -0.2) is 9.78 Å². The third-order valence-corrected chi connectivity index (χ3v) is 3.17. The zero-order valence-corrected chi connectivity index (χ0v) is 12.3. The molecule has 1 N–H and O–H groups in total. The number of aryl methyl sites for hydroxylation is 1. The van der Waals surface area contributed by atoms with Gasteiger partial charge in [-0.05, 0) is 19.1 Å². The average molecular weight is 286 g/mol. The van der Waals surface area contributed by atoms with Gasteiger partial charge in [0.1, 0.15) is 5.82 Å². The lowest BCUT2D eigenvalue weighted by Crippen LogP contribution is -2.31. The maximum absolute atomic E-state index is 12.1. The maximum atomic E-state index is 12.1. The number of carbonyl (C=O) groups is 2. The van der Waals surface area contributed by atoms with Crippen molar-refractivity contribution >= 4 is 17.5 Å². The first-order valence-electron chi connectivity index (χ1n) is 6.56. The second-order valence-electron chi connectivity index (χ2n) is 4.88. The van der Waals surface area contributed by atoms with Gasteiger partial charge >= 0.3 is 6.03 Å². The fraction of sp³-hybridized carbons (Fsp3) is 0.267. The zero-order chi connectivity index (χ0) is 15.4. The topological polar surface area (TPSA) is 67.2 Å². The highest BCUT2D eigenvalue weighted by Crippen LogP contribution is 2.12. The number of urea groups is 1. The summed E-state index contributed by atoms with van der Waals surface area (Å²) in [5.74, 6) is 0.762. The Balaban J connectivity index is 2.02. The fourth-order valence-corrected chi connectivity index (χ4v) is 1.87. The van der Waals surface area contributed by atoms with Gasteiger partial charge in [0.05, 0.1) is 6.54 Å². The number of Topliss-reactive ketones (excluding diaryl/α,β-unsaturated/α-hetero) is 1. The van der Waals surface area contributed by atoms with Gasteiger partial charge in [0.15, 0.2) is 5.78 Å². The highest BCUT2D eigenvalue weighted by atomic mass is 16.2. The summed E-state index contributed by atoms with van der Waals surface area (Å²) in [5, 5.41) is 2.77. The molecule has 6 nitrogen and oxygen atoms in total. The lowest BCUT2D eigenvalue weighted by molar-refractivity contribution is 0.101. The van der Waals surface area contributed by atoms with Crippen molar-refractivity contribution in [1.29, 1.82) is 0 Å². The second-order valence-corrected chi connectivity index (χ2v) is 4.88. The Morgan fingerprint density at radius 1 is 1.38 bits per heavy atom. The number of nitrogens with one attached hydrogen (secondary N) is 1. The number of amides is 2. The van der Waals surface area contributed by atoms with E-state index < -0.39 is 0 Å². The van der Waals surface area contributed by atoms with Crippen molar-refractivity contribution in [3.63, 3.8) is 0 Å². The van der Waals surface area contributed by atoms with Crippen molar-refractivity contribution in [2.75, 3.05) is 12.4 Å². The van der Waals surface area contributed by atoms with Crippen LogP contribution in [0, 0.1) is 0 Å². The van der Waals surface area contributed by atoms with Crippen LogP contribution >= 0.6 is 0 Å². The molecule has 0 aliphatic rings. The molecule has 0 spiro atoms. The third-order valence-electron chi connectivity index (χ3n) is 3.17. The van der Waals surface area contributed by atoms with Gasteiger partial charge in [0.2, 0.25) is 0 Å². The van der Waals surface area contributed by atoms with Crippen LogP contribution in [0.1, 0.15) is 23.1 Å². The molecule has 110 valence electrons. The SMILES string of the molecule is CC(=O)c1cccc(NC(=O)N(C)Cc2nccn2C)c1. The molecule has 0 atom stereocenters. The summed E-state index contributed by atoms with van der Waals surface area (Å²) < 4.78 is 1.86. The first kappa shape index (κ1) is 14.8. The number of hydrogen-bond donors (Lipinski definition) is 1. The van der Waals surface area contributed by atoms with Crippen molar-refractivity contribution in [1.82, 2.24) is 14.5 Å². The molecular formula is C15H18N4O2. The number of benzene rings is 1.